The summed E-state index contributed by atoms with van der Waals surface area (Å²) in [5.74, 6) is 0.00304. The van der Waals surface area contributed by atoms with Gasteiger partial charge in [0.15, 0.2) is 0 Å². The van der Waals surface area contributed by atoms with Crippen LogP contribution in [-0.2, 0) is 0 Å². The molecular weight excluding hydrogens is 340 g/mol. The third-order valence-electron chi connectivity index (χ3n) is 3.98. The van der Waals surface area contributed by atoms with Crippen molar-refractivity contribution in [1.82, 2.24) is 15.5 Å². The van der Waals surface area contributed by atoms with Crippen LogP contribution < -0.4 is 16.0 Å². The van der Waals surface area contributed by atoms with Gasteiger partial charge in [0.05, 0.1) is 0 Å². The van der Waals surface area contributed by atoms with Gasteiger partial charge in [-0.2, -0.15) is 0 Å². The van der Waals surface area contributed by atoms with E-state index in [1.165, 1.54) is 0 Å². The minimum absolute atomic E-state index is 0. The van der Waals surface area contributed by atoms with E-state index >= 15 is 0 Å². The number of piperazine rings is 1. The number of amides is 3. The number of urea groups is 1. The molecule has 1 aliphatic rings. The van der Waals surface area contributed by atoms with Gasteiger partial charge >= 0.3 is 6.03 Å². The topological polar surface area (TPSA) is 73.5 Å². The first-order chi connectivity index (χ1) is 11.2. The summed E-state index contributed by atoms with van der Waals surface area (Å²) >= 11 is 0. The molecular formula is C18H29ClN4O2. The average Bonchev–Trinajstić information content (AvgIpc) is 2.47. The molecule has 25 heavy (non-hydrogen) atoms. The van der Waals surface area contributed by atoms with E-state index in [9.17, 15) is 9.59 Å². The summed E-state index contributed by atoms with van der Waals surface area (Å²) in [6, 6.07) is 5.33. The lowest BCUT2D eigenvalue weighted by Gasteiger charge is -2.34. The summed E-state index contributed by atoms with van der Waals surface area (Å²) < 4.78 is 0. The van der Waals surface area contributed by atoms with Gasteiger partial charge in [-0.3, -0.25) is 4.79 Å². The maximum atomic E-state index is 12.8. The molecule has 0 unspecified atom stereocenters. The quantitative estimate of drug-likeness (QED) is 0.751. The lowest BCUT2D eigenvalue weighted by atomic mass is 10.1. The van der Waals surface area contributed by atoms with E-state index in [4.69, 9.17) is 0 Å². The first-order valence-electron chi connectivity index (χ1n) is 8.39. The Kier molecular flexibility index (Phi) is 7.26. The molecule has 6 nitrogen and oxygen atoms in total. The van der Waals surface area contributed by atoms with Crippen molar-refractivity contribution in [3.05, 3.63) is 29.3 Å². The predicted octanol–water partition coefficient (Wildman–Crippen LogP) is 2.77. The first kappa shape index (κ1) is 21.3. The average molecular weight is 369 g/mol. The Morgan fingerprint density at radius 3 is 2.56 bits per heavy atom. The summed E-state index contributed by atoms with van der Waals surface area (Å²) in [5, 5.41) is 8.98. The van der Waals surface area contributed by atoms with Gasteiger partial charge in [-0.05, 0) is 52.3 Å². The Morgan fingerprint density at radius 2 is 1.96 bits per heavy atom. The van der Waals surface area contributed by atoms with Crippen molar-refractivity contribution >= 4 is 30.0 Å². The first-order valence-corrected chi connectivity index (χ1v) is 8.39. The Balaban J connectivity index is 0.00000312. The zero-order chi connectivity index (χ0) is 17.9. The highest BCUT2D eigenvalue weighted by molar-refractivity contribution is 5.97. The summed E-state index contributed by atoms with van der Waals surface area (Å²) in [4.78, 5) is 26.7. The van der Waals surface area contributed by atoms with Crippen LogP contribution in [0.3, 0.4) is 0 Å². The predicted molar refractivity (Wildman–Crippen MR) is 104 cm³/mol. The van der Waals surface area contributed by atoms with Crippen LogP contribution in [0.5, 0.6) is 0 Å². The molecule has 0 saturated carbocycles. The Bertz CT molecular complexity index is 628. The van der Waals surface area contributed by atoms with E-state index in [2.05, 4.69) is 16.0 Å². The fraction of sp³-hybridized carbons (Fsp3) is 0.556. The van der Waals surface area contributed by atoms with Crippen molar-refractivity contribution in [2.24, 2.45) is 0 Å². The second-order valence-corrected chi connectivity index (χ2v) is 7.41. The zero-order valence-electron chi connectivity index (χ0n) is 15.6. The number of carbonyl (C=O) groups excluding carboxylic acids is 2. The van der Waals surface area contributed by atoms with Crippen LogP contribution in [0.25, 0.3) is 0 Å². The van der Waals surface area contributed by atoms with Crippen molar-refractivity contribution in [1.29, 1.82) is 0 Å². The lowest BCUT2D eigenvalue weighted by Crippen LogP contribution is -2.52. The molecule has 0 bridgehead atoms. The molecule has 1 aromatic rings. The lowest BCUT2D eigenvalue weighted by molar-refractivity contribution is 0.0655. The molecule has 2 rings (SSSR count). The minimum Gasteiger partial charge on any atom is -0.333 e. The van der Waals surface area contributed by atoms with E-state index in [1.54, 1.807) is 6.07 Å². The molecule has 0 aliphatic carbocycles. The summed E-state index contributed by atoms with van der Waals surface area (Å²) in [6.07, 6.45) is 0. The fourth-order valence-corrected chi connectivity index (χ4v) is 2.69. The summed E-state index contributed by atoms with van der Waals surface area (Å²) in [5.41, 5.74) is 1.86. The molecule has 3 amide bonds. The van der Waals surface area contributed by atoms with Gasteiger partial charge in [0.2, 0.25) is 0 Å². The van der Waals surface area contributed by atoms with Crippen molar-refractivity contribution < 1.29 is 9.59 Å². The molecule has 0 spiro atoms. The monoisotopic (exact) mass is 368 g/mol. The van der Waals surface area contributed by atoms with Gasteiger partial charge in [-0.25, -0.2) is 4.79 Å². The van der Waals surface area contributed by atoms with Crippen LogP contribution in [0.1, 0.15) is 43.6 Å². The van der Waals surface area contributed by atoms with Crippen molar-refractivity contribution in [3.8, 4) is 0 Å². The Morgan fingerprint density at radius 1 is 1.28 bits per heavy atom. The van der Waals surface area contributed by atoms with Crippen LogP contribution in [0.2, 0.25) is 0 Å². The smallest absolute Gasteiger partial charge is 0.319 e. The van der Waals surface area contributed by atoms with E-state index in [-0.39, 0.29) is 35.9 Å². The number of carbonyl (C=O) groups is 2. The molecule has 1 saturated heterocycles. The van der Waals surface area contributed by atoms with Gasteiger partial charge in [-0.15, -0.1) is 12.4 Å². The van der Waals surface area contributed by atoms with Gasteiger partial charge in [0.1, 0.15) is 0 Å². The zero-order valence-corrected chi connectivity index (χ0v) is 16.4. The molecule has 7 heteroatoms. The van der Waals surface area contributed by atoms with Gasteiger partial charge < -0.3 is 20.9 Å². The van der Waals surface area contributed by atoms with Crippen LogP contribution in [0, 0.1) is 6.92 Å². The highest BCUT2D eigenvalue weighted by Crippen LogP contribution is 2.19. The summed E-state index contributed by atoms with van der Waals surface area (Å²) in [7, 11) is 0. The number of hydrogen-bond donors (Lipinski definition) is 3. The highest BCUT2D eigenvalue weighted by Gasteiger charge is 2.24. The Labute approximate surface area is 156 Å². The van der Waals surface area contributed by atoms with Crippen LogP contribution in [0.4, 0.5) is 10.5 Å². The molecule has 1 heterocycles. The highest BCUT2D eigenvalue weighted by atomic mass is 35.5. The fourth-order valence-electron chi connectivity index (χ4n) is 2.69. The van der Waals surface area contributed by atoms with Crippen molar-refractivity contribution in [3.63, 3.8) is 0 Å². The number of benzene rings is 1. The van der Waals surface area contributed by atoms with Crippen LogP contribution >= 0.6 is 12.4 Å². The van der Waals surface area contributed by atoms with Gasteiger partial charge in [0, 0.05) is 42.5 Å². The van der Waals surface area contributed by atoms with Crippen LogP contribution in [-0.4, -0.2) is 48.1 Å². The number of hydrogen-bond acceptors (Lipinski definition) is 3. The van der Waals surface area contributed by atoms with Gasteiger partial charge in [-0.1, -0.05) is 6.07 Å². The number of aryl methyl sites for hydroxylation is 1. The minimum atomic E-state index is -0.318. The second kappa shape index (κ2) is 8.54. The molecule has 140 valence electrons. The van der Waals surface area contributed by atoms with Crippen LogP contribution in [0.15, 0.2) is 18.2 Å². The number of nitrogens with zero attached hydrogens (tertiary/aromatic N) is 1. The van der Waals surface area contributed by atoms with Crippen molar-refractivity contribution in [2.45, 2.75) is 46.2 Å². The van der Waals surface area contributed by atoms with E-state index < -0.39 is 0 Å². The number of halogens is 1. The van der Waals surface area contributed by atoms with E-state index in [0.29, 0.717) is 17.8 Å². The molecule has 3 N–H and O–H groups in total. The summed E-state index contributed by atoms with van der Waals surface area (Å²) in [6.45, 7) is 12.0. The second-order valence-electron chi connectivity index (χ2n) is 7.41. The molecule has 1 aliphatic heterocycles. The Hall–Kier alpha value is -1.79. The third kappa shape index (κ3) is 5.90. The normalized spacial score (nSPS) is 17.5. The molecule has 0 aromatic heterocycles. The SMILES string of the molecule is Cc1ccc(C(=O)N2CCNC[C@@H]2C)cc1NC(=O)NC(C)(C)C.Cl. The molecule has 1 fully saturated rings. The van der Waals surface area contributed by atoms with Gasteiger partial charge in [0.25, 0.3) is 5.91 Å². The largest absolute Gasteiger partial charge is 0.333 e. The van der Waals surface area contributed by atoms with Crippen molar-refractivity contribution in [2.75, 3.05) is 25.0 Å². The number of rotatable bonds is 2. The van der Waals surface area contributed by atoms with E-state index in [1.807, 2.05) is 51.7 Å². The number of nitrogens with one attached hydrogen (secondary N) is 3. The molecule has 1 aromatic carbocycles. The van der Waals surface area contributed by atoms with E-state index in [0.717, 1.165) is 18.7 Å². The standard InChI is InChI=1S/C18H28N4O2.ClH/c1-12-6-7-14(16(23)22-9-8-19-11-13(22)2)10-15(12)20-17(24)21-18(3,4)5;/h6-7,10,13,19H,8-9,11H2,1-5H3,(H2,20,21,24);1H/t13-;/m0./s1. The molecule has 1 atom stereocenters. The number of anilines is 1. The maximum absolute atomic E-state index is 12.8. The maximum Gasteiger partial charge on any atom is 0.319 e. The third-order valence-corrected chi connectivity index (χ3v) is 3.98. The molecule has 0 radical (unpaired) electrons.